The van der Waals surface area contributed by atoms with Gasteiger partial charge in [-0.1, -0.05) is 54.4 Å². The standard InChI is InChI=1S/C21H25BClN3O.C20H23BClN3O2/c1-3-15-13-16-5-4-8-24-20(16)21(18-7-6-17(23)14-19(15)18)25-9-11-26(12-10-25)22(2)27;1-21(27)25-9-7-24(8-10-25)20-17-5-4-16(22)12-18(17)15(13-26)11-14-3-2-6-23-19(14)20/h4-8,13-14,21,27H,3,9-12H2,1-2H3;2-6,11-12,20,26-27H,7-10,13H2,1H3. The molecule has 54 heavy (non-hydrogen) atoms. The lowest BCUT2D eigenvalue weighted by molar-refractivity contribution is 0.144. The molecule has 4 heterocycles. The molecule has 0 amide bonds. The highest BCUT2D eigenvalue weighted by Gasteiger charge is 2.35. The van der Waals surface area contributed by atoms with Gasteiger partial charge in [-0.15, -0.1) is 0 Å². The molecule has 2 aliphatic heterocycles. The molecule has 0 bridgehead atoms. The summed E-state index contributed by atoms with van der Waals surface area (Å²) in [5, 5.41) is 31.2. The smallest absolute Gasteiger partial charge is 0.376 e. The number of nitrogens with zero attached hydrogens (tertiary/aromatic N) is 6. The number of pyridine rings is 2. The number of aliphatic hydroxyl groups is 1. The summed E-state index contributed by atoms with van der Waals surface area (Å²) in [7, 11) is -0.827. The summed E-state index contributed by atoms with van der Waals surface area (Å²) in [6, 6.07) is 20.4. The Morgan fingerprint density at radius 3 is 1.48 bits per heavy atom. The number of aromatic nitrogens is 2. The molecule has 2 unspecified atom stereocenters. The molecule has 4 aliphatic rings. The van der Waals surface area contributed by atoms with Crippen molar-refractivity contribution in [2.75, 3.05) is 59.0 Å². The minimum Gasteiger partial charge on any atom is -0.437 e. The molecular weight excluding hydrogens is 717 g/mol. The second-order valence-corrected chi connectivity index (χ2v) is 15.4. The van der Waals surface area contributed by atoms with E-state index in [-0.39, 0.29) is 18.7 Å². The maximum atomic E-state index is 9.99. The van der Waals surface area contributed by atoms with E-state index in [1.54, 1.807) is 0 Å². The van der Waals surface area contributed by atoms with Gasteiger partial charge < -0.3 is 24.8 Å². The molecule has 4 aromatic rings. The van der Waals surface area contributed by atoms with Gasteiger partial charge in [-0.2, -0.15) is 0 Å². The fourth-order valence-electron chi connectivity index (χ4n) is 8.38. The van der Waals surface area contributed by atoms with Crippen LogP contribution in [0.1, 0.15) is 70.2 Å². The Balaban J connectivity index is 0.000000167. The van der Waals surface area contributed by atoms with Gasteiger partial charge in [0.1, 0.15) is 0 Å². The lowest BCUT2D eigenvalue weighted by Gasteiger charge is -2.40. The molecule has 0 saturated carbocycles. The van der Waals surface area contributed by atoms with Crippen LogP contribution in [0.15, 0.2) is 73.1 Å². The lowest BCUT2D eigenvalue weighted by Crippen LogP contribution is -2.52. The summed E-state index contributed by atoms with van der Waals surface area (Å²) in [4.78, 5) is 18.6. The first kappa shape index (κ1) is 38.9. The lowest BCUT2D eigenvalue weighted by atomic mass is 9.84. The number of fused-ring (bicyclic) bond motifs is 4. The van der Waals surface area contributed by atoms with Crippen LogP contribution in [0, 0.1) is 0 Å². The summed E-state index contributed by atoms with van der Waals surface area (Å²) in [5.74, 6) is 0. The van der Waals surface area contributed by atoms with Crippen molar-refractivity contribution in [2.24, 2.45) is 0 Å². The maximum Gasteiger partial charge on any atom is 0.376 e. The van der Waals surface area contributed by atoms with Gasteiger partial charge in [0.2, 0.25) is 0 Å². The van der Waals surface area contributed by atoms with Crippen molar-refractivity contribution in [2.45, 2.75) is 39.1 Å². The Labute approximate surface area is 329 Å². The Hall–Kier alpha value is -3.35. The summed E-state index contributed by atoms with van der Waals surface area (Å²) in [6.45, 7) is 12.6. The third-order valence-electron chi connectivity index (χ3n) is 11.3. The molecule has 0 spiro atoms. The predicted octanol–water partition coefficient (Wildman–Crippen LogP) is 6.21. The fourth-order valence-corrected chi connectivity index (χ4v) is 8.72. The van der Waals surface area contributed by atoms with E-state index in [0.29, 0.717) is 5.02 Å². The van der Waals surface area contributed by atoms with Crippen molar-refractivity contribution in [3.63, 3.8) is 0 Å². The maximum absolute atomic E-state index is 9.99. The van der Waals surface area contributed by atoms with Gasteiger partial charge in [-0.05, 0) is 113 Å². The summed E-state index contributed by atoms with van der Waals surface area (Å²) < 4.78 is 0. The van der Waals surface area contributed by atoms with Crippen LogP contribution >= 0.6 is 23.2 Å². The first-order chi connectivity index (χ1) is 26.2. The molecule has 280 valence electrons. The Bertz CT molecular complexity index is 1870. The van der Waals surface area contributed by atoms with Crippen LogP contribution in [0.25, 0.3) is 23.3 Å². The molecule has 2 aromatic heterocycles. The van der Waals surface area contributed by atoms with Gasteiger partial charge in [0.15, 0.2) is 0 Å². The first-order valence-electron chi connectivity index (χ1n) is 19.0. The number of benzene rings is 2. The SMILES string of the molecule is CB(O)N1CCN(C2c3ccc(Cl)cc3C(CO)=Cc3cccnc32)CC1.CCC1=Cc2cccnc2C(N2CCN(B(C)O)CC2)c2ccc(Cl)cc21. The number of halogens is 2. The summed E-state index contributed by atoms with van der Waals surface area (Å²) in [5.41, 5.74) is 11.1. The van der Waals surface area contributed by atoms with Gasteiger partial charge in [0, 0.05) is 74.8 Å². The van der Waals surface area contributed by atoms with E-state index in [9.17, 15) is 15.2 Å². The molecule has 3 N–H and O–H groups in total. The first-order valence-corrected chi connectivity index (χ1v) is 19.8. The largest absolute Gasteiger partial charge is 0.437 e. The molecule has 2 saturated heterocycles. The van der Waals surface area contributed by atoms with Crippen LogP contribution in [0.4, 0.5) is 0 Å². The molecular formula is C41H48B2Cl2N6O3. The van der Waals surface area contributed by atoms with Crippen LogP contribution in [-0.2, 0) is 0 Å². The zero-order valence-electron chi connectivity index (χ0n) is 31.2. The van der Waals surface area contributed by atoms with Crippen molar-refractivity contribution in [3.05, 3.63) is 128 Å². The molecule has 2 atom stereocenters. The predicted molar refractivity (Wildman–Crippen MR) is 222 cm³/mol. The quantitative estimate of drug-likeness (QED) is 0.198. The number of hydrogen-bond donors (Lipinski definition) is 3. The summed E-state index contributed by atoms with van der Waals surface area (Å²) >= 11 is 12.6. The zero-order chi connectivity index (χ0) is 37.9. The highest BCUT2D eigenvalue weighted by Crippen LogP contribution is 2.42. The van der Waals surface area contributed by atoms with Gasteiger partial charge in [-0.25, -0.2) is 0 Å². The molecule has 13 heteroatoms. The van der Waals surface area contributed by atoms with Crippen LogP contribution in [-0.4, -0.2) is 118 Å². The number of allylic oxidation sites excluding steroid dienone is 1. The minimum absolute atomic E-state index is 0.00934. The Kier molecular flexibility index (Phi) is 12.4. The minimum atomic E-state index is -0.430. The second kappa shape index (κ2) is 17.2. The fraction of sp³-hybridized carbons (Fsp3) is 0.366. The second-order valence-electron chi connectivity index (χ2n) is 14.5. The van der Waals surface area contributed by atoms with Crippen molar-refractivity contribution in [1.29, 1.82) is 0 Å². The molecule has 2 aliphatic carbocycles. The number of rotatable bonds is 6. The topological polar surface area (TPSA) is 99.4 Å². The Morgan fingerprint density at radius 2 is 1.07 bits per heavy atom. The van der Waals surface area contributed by atoms with Crippen LogP contribution in [0.3, 0.4) is 0 Å². The molecule has 2 aromatic carbocycles. The highest BCUT2D eigenvalue weighted by molar-refractivity contribution is 6.45. The Morgan fingerprint density at radius 1 is 0.648 bits per heavy atom. The van der Waals surface area contributed by atoms with E-state index < -0.39 is 14.1 Å². The third-order valence-corrected chi connectivity index (χ3v) is 11.7. The van der Waals surface area contributed by atoms with E-state index in [0.717, 1.165) is 97.5 Å². The molecule has 2 fully saturated rings. The molecule has 8 rings (SSSR count). The molecule has 0 radical (unpaired) electrons. The number of aliphatic hydroxyl groups excluding tert-OH is 1. The van der Waals surface area contributed by atoms with Crippen molar-refractivity contribution >= 4 is 60.6 Å². The third kappa shape index (κ3) is 8.12. The van der Waals surface area contributed by atoms with Gasteiger partial charge in [0.25, 0.3) is 0 Å². The van der Waals surface area contributed by atoms with Crippen LogP contribution < -0.4 is 0 Å². The highest BCUT2D eigenvalue weighted by atomic mass is 35.5. The van der Waals surface area contributed by atoms with E-state index in [1.165, 1.54) is 22.3 Å². The van der Waals surface area contributed by atoms with E-state index in [2.05, 4.69) is 56.7 Å². The monoisotopic (exact) mass is 764 g/mol. The normalized spacial score (nSPS) is 20.4. The van der Waals surface area contributed by atoms with Gasteiger partial charge in [0.05, 0.1) is 30.1 Å². The zero-order valence-corrected chi connectivity index (χ0v) is 32.8. The van der Waals surface area contributed by atoms with Crippen molar-refractivity contribution in [1.82, 2.24) is 29.4 Å². The van der Waals surface area contributed by atoms with Crippen LogP contribution in [0.2, 0.25) is 23.7 Å². The van der Waals surface area contributed by atoms with Crippen molar-refractivity contribution in [3.8, 4) is 0 Å². The van der Waals surface area contributed by atoms with Crippen LogP contribution in [0.5, 0.6) is 0 Å². The average molecular weight is 765 g/mol. The molecule has 9 nitrogen and oxygen atoms in total. The number of piperazine rings is 2. The van der Waals surface area contributed by atoms with E-state index >= 15 is 0 Å². The average Bonchev–Trinajstić information content (AvgIpc) is 3.42. The van der Waals surface area contributed by atoms with Crippen molar-refractivity contribution < 1.29 is 15.2 Å². The van der Waals surface area contributed by atoms with Gasteiger partial charge >= 0.3 is 14.1 Å². The van der Waals surface area contributed by atoms with E-state index in [1.807, 2.05) is 68.5 Å². The van der Waals surface area contributed by atoms with Gasteiger partial charge in [-0.3, -0.25) is 19.8 Å². The summed E-state index contributed by atoms with van der Waals surface area (Å²) in [6.07, 6.45) is 8.95. The number of hydrogen-bond acceptors (Lipinski definition) is 9. The van der Waals surface area contributed by atoms with E-state index in [4.69, 9.17) is 33.2 Å².